The van der Waals surface area contributed by atoms with E-state index in [0.29, 0.717) is 45.3 Å². The Morgan fingerprint density at radius 1 is 0.905 bits per heavy atom. The lowest BCUT2D eigenvalue weighted by atomic mass is 10.2. The molecule has 1 aromatic rings. The fourth-order valence-electron chi connectivity index (χ4n) is 1.63. The van der Waals surface area contributed by atoms with Gasteiger partial charge in [0, 0.05) is 44.7 Å². The van der Waals surface area contributed by atoms with Gasteiger partial charge in [0.2, 0.25) is 0 Å². The second kappa shape index (κ2) is 10.3. The standard InChI is InChI=1S/C15H26N2O4/c1-17(2)14-10-13(16)11-15(12-14)21-9-8-20-7-6-19-5-4-18-3/h10-12H,4-9,16H2,1-3H3. The van der Waals surface area contributed by atoms with E-state index >= 15 is 0 Å². The first kappa shape index (κ1) is 17.6. The van der Waals surface area contributed by atoms with Crippen molar-refractivity contribution < 1.29 is 18.9 Å². The first-order chi connectivity index (χ1) is 10.1. The molecule has 0 aromatic heterocycles. The Labute approximate surface area is 126 Å². The van der Waals surface area contributed by atoms with Crippen LogP contribution in [0.1, 0.15) is 0 Å². The van der Waals surface area contributed by atoms with Gasteiger partial charge in [0.1, 0.15) is 12.4 Å². The van der Waals surface area contributed by atoms with Crippen molar-refractivity contribution in [2.75, 3.05) is 71.5 Å². The van der Waals surface area contributed by atoms with Gasteiger partial charge in [0.05, 0.1) is 33.0 Å². The number of anilines is 2. The van der Waals surface area contributed by atoms with Crippen LogP contribution in [0.3, 0.4) is 0 Å². The second-order valence-electron chi connectivity index (χ2n) is 4.72. The fraction of sp³-hybridized carbons (Fsp3) is 0.600. The molecule has 120 valence electrons. The molecule has 0 spiro atoms. The Morgan fingerprint density at radius 2 is 1.52 bits per heavy atom. The largest absolute Gasteiger partial charge is 0.491 e. The lowest BCUT2D eigenvalue weighted by molar-refractivity contribution is 0.0180. The Hall–Kier alpha value is -1.50. The van der Waals surface area contributed by atoms with E-state index in [1.807, 2.05) is 31.1 Å². The Balaban J connectivity index is 2.15. The van der Waals surface area contributed by atoms with Crippen molar-refractivity contribution in [2.24, 2.45) is 0 Å². The molecule has 2 N–H and O–H groups in total. The van der Waals surface area contributed by atoms with E-state index in [-0.39, 0.29) is 0 Å². The summed E-state index contributed by atoms with van der Waals surface area (Å²) < 4.78 is 21.2. The van der Waals surface area contributed by atoms with Crippen LogP contribution in [0, 0.1) is 0 Å². The van der Waals surface area contributed by atoms with Gasteiger partial charge in [-0.3, -0.25) is 0 Å². The van der Waals surface area contributed by atoms with Crippen molar-refractivity contribution in [3.63, 3.8) is 0 Å². The van der Waals surface area contributed by atoms with Crippen LogP contribution in [0.5, 0.6) is 5.75 Å². The van der Waals surface area contributed by atoms with E-state index in [4.69, 9.17) is 24.7 Å². The molecule has 0 fully saturated rings. The van der Waals surface area contributed by atoms with Gasteiger partial charge in [-0.1, -0.05) is 0 Å². The molecule has 0 unspecified atom stereocenters. The number of rotatable bonds is 11. The highest BCUT2D eigenvalue weighted by atomic mass is 16.6. The third-order valence-corrected chi connectivity index (χ3v) is 2.73. The number of nitrogens with zero attached hydrogens (tertiary/aromatic N) is 1. The molecular formula is C15H26N2O4. The fourth-order valence-corrected chi connectivity index (χ4v) is 1.63. The molecule has 0 aliphatic carbocycles. The lowest BCUT2D eigenvalue weighted by Gasteiger charge is -2.15. The normalized spacial score (nSPS) is 10.6. The van der Waals surface area contributed by atoms with Crippen LogP contribution in [0.25, 0.3) is 0 Å². The minimum Gasteiger partial charge on any atom is -0.491 e. The van der Waals surface area contributed by atoms with Crippen molar-refractivity contribution >= 4 is 11.4 Å². The summed E-state index contributed by atoms with van der Waals surface area (Å²) in [5.74, 6) is 0.749. The van der Waals surface area contributed by atoms with Crippen LogP contribution in [-0.2, 0) is 14.2 Å². The summed E-state index contributed by atoms with van der Waals surface area (Å²) in [5.41, 5.74) is 7.54. The van der Waals surface area contributed by atoms with Crippen LogP contribution in [-0.4, -0.2) is 60.8 Å². The van der Waals surface area contributed by atoms with Gasteiger partial charge in [0.15, 0.2) is 0 Å². The minimum absolute atomic E-state index is 0.481. The van der Waals surface area contributed by atoms with Crippen molar-refractivity contribution in [3.8, 4) is 5.75 Å². The molecule has 0 heterocycles. The number of hydrogen-bond acceptors (Lipinski definition) is 6. The predicted molar refractivity (Wildman–Crippen MR) is 84.2 cm³/mol. The van der Waals surface area contributed by atoms with Crippen molar-refractivity contribution in [2.45, 2.75) is 0 Å². The molecule has 0 saturated heterocycles. The average molecular weight is 298 g/mol. The van der Waals surface area contributed by atoms with E-state index in [9.17, 15) is 0 Å². The maximum Gasteiger partial charge on any atom is 0.123 e. The predicted octanol–water partition coefficient (Wildman–Crippen LogP) is 1.39. The first-order valence-electron chi connectivity index (χ1n) is 6.98. The summed E-state index contributed by atoms with van der Waals surface area (Å²) in [6, 6.07) is 5.66. The quantitative estimate of drug-likeness (QED) is 0.492. The summed E-state index contributed by atoms with van der Waals surface area (Å²) in [6.45, 7) is 3.30. The number of ether oxygens (including phenoxy) is 4. The molecule has 6 heteroatoms. The highest BCUT2D eigenvalue weighted by Crippen LogP contribution is 2.24. The van der Waals surface area contributed by atoms with Crippen LogP contribution in [0.4, 0.5) is 11.4 Å². The molecule has 0 aliphatic rings. The monoisotopic (exact) mass is 298 g/mol. The molecule has 0 atom stereocenters. The molecule has 0 saturated carbocycles. The molecule has 6 nitrogen and oxygen atoms in total. The number of nitrogens with two attached hydrogens (primary N) is 1. The number of hydrogen-bond donors (Lipinski definition) is 1. The maximum absolute atomic E-state index is 5.84. The van der Waals surface area contributed by atoms with Gasteiger partial charge in [-0.2, -0.15) is 0 Å². The zero-order chi connectivity index (χ0) is 15.5. The Morgan fingerprint density at radius 3 is 2.14 bits per heavy atom. The Bertz CT molecular complexity index is 399. The van der Waals surface area contributed by atoms with Crippen LogP contribution in [0.2, 0.25) is 0 Å². The zero-order valence-corrected chi connectivity index (χ0v) is 13.1. The third kappa shape index (κ3) is 7.75. The maximum atomic E-state index is 5.84. The highest BCUT2D eigenvalue weighted by molar-refractivity contribution is 5.59. The van der Waals surface area contributed by atoms with Crippen molar-refractivity contribution in [1.82, 2.24) is 0 Å². The third-order valence-electron chi connectivity index (χ3n) is 2.73. The molecule has 21 heavy (non-hydrogen) atoms. The summed E-state index contributed by atoms with van der Waals surface area (Å²) in [6.07, 6.45) is 0. The van der Waals surface area contributed by atoms with Gasteiger partial charge in [-0.25, -0.2) is 0 Å². The summed E-state index contributed by atoms with van der Waals surface area (Å²) in [5, 5.41) is 0. The molecule has 1 rings (SSSR count). The SMILES string of the molecule is COCCOCCOCCOc1cc(N)cc(N(C)C)c1. The summed E-state index contributed by atoms with van der Waals surface area (Å²) in [4.78, 5) is 1.98. The summed E-state index contributed by atoms with van der Waals surface area (Å²) in [7, 11) is 5.58. The van der Waals surface area contributed by atoms with Gasteiger partial charge >= 0.3 is 0 Å². The molecule has 1 aromatic carbocycles. The lowest BCUT2D eigenvalue weighted by Crippen LogP contribution is -2.13. The number of benzene rings is 1. The number of nitrogen functional groups attached to an aromatic ring is 1. The van der Waals surface area contributed by atoms with Crippen molar-refractivity contribution in [3.05, 3.63) is 18.2 Å². The van der Waals surface area contributed by atoms with Gasteiger partial charge in [0.25, 0.3) is 0 Å². The van der Waals surface area contributed by atoms with Gasteiger partial charge in [-0.05, 0) is 6.07 Å². The number of methoxy groups -OCH3 is 1. The first-order valence-corrected chi connectivity index (χ1v) is 6.98. The summed E-state index contributed by atoms with van der Waals surface area (Å²) >= 11 is 0. The van der Waals surface area contributed by atoms with E-state index in [2.05, 4.69) is 0 Å². The van der Waals surface area contributed by atoms with E-state index in [1.54, 1.807) is 13.2 Å². The van der Waals surface area contributed by atoms with Crippen LogP contribution in [0.15, 0.2) is 18.2 Å². The zero-order valence-electron chi connectivity index (χ0n) is 13.1. The van der Waals surface area contributed by atoms with E-state index < -0.39 is 0 Å². The average Bonchev–Trinajstić information content (AvgIpc) is 2.45. The molecule has 0 aliphatic heterocycles. The van der Waals surface area contributed by atoms with Crippen molar-refractivity contribution in [1.29, 1.82) is 0 Å². The molecule has 0 bridgehead atoms. The molecule has 0 radical (unpaired) electrons. The van der Waals surface area contributed by atoms with Crippen LogP contribution >= 0.6 is 0 Å². The van der Waals surface area contributed by atoms with Gasteiger partial charge in [-0.15, -0.1) is 0 Å². The van der Waals surface area contributed by atoms with Gasteiger partial charge < -0.3 is 29.6 Å². The minimum atomic E-state index is 0.481. The second-order valence-corrected chi connectivity index (χ2v) is 4.72. The van der Waals surface area contributed by atoms with Crippen LogP contribution < -0.4 is 15.4 Å². The smallest absolute Gasteiger partial charge is 0.123 e. The topological polar surface area (TPSA) is 66.2 Å². The van der Waals surface area contributed by atoms with E-state index in [1.165, 1.54) is 0 Å². The highest BCUT2D eigenvalue weighted by Gasteiger charge is 2.02. The van der Waals surface area contributed by atoms with E-state index in [0.717, 1.165) is 11.4 Å². The molecular weight excluding hydrogens is 272 g/mol. The molecule has 0 amide bonds. The Kier molecular flexibility index (Phi) is 8.57.